The lowest BCUT2D eigenvalue weighted by Crippen LogP contribution is -2.16. The first-order valence-corrected chi connectivity index (χ1v) is 5.63. The maximum absolute atomic E-state index is 13.9. The van der Waals surface area contributed by atoms with Crippen LogP contribution < -0.4 is 5.73 Å². The van der Waals surface area contributed by atoms with Crippen molar-refractivity contribution in [2.45, 2.75) is 19.9 Å². The Kier molecular flexibility index (Phi) is 3.39. The largest absolute Gasteiger partial charge is 0.320 e. The number of aromatic nitrogens is 1. The van der Waals surface area contributed by atoms with Crippen molar-refractivity contribution in [1.29, 1.82) is 0 Å². The van der Waals surface area contributed by atoms with Crippen molar-refractivity contribution < 1.29 is 8.78 Å². The first-order valence-electron chi connectivity index (χ1n) is 5.63. The fourth-order valence-electron chi connectivity index (χ4n) is 1.87. The average molecular weight is 248 g/mol. The zero-order valence-electron chi connectivity index (χ0n) is 10.2. The SMILES string of the molecule is Cc1ccncc1C(N)c1ccc(C)c(F)c1F. The number of hydrogen-bond donors (Lipinski definition) is 1. The second-order valence-corrected chi connectivity index (χ2v) is 4.31. The second-order valence-electron chi connectivity index (χ2n) is 4.31. The van der Waals surface area contributed by atoms with Crippen molar-refractivity contribution in [3.63, 3.8) is 0 Å². The molecule has 0 fully saturated rings. The highest BCUT2D eigenvalue weighted by Gasteiger charge is 2.19. The number of pyridine rings is 1. The fraction of sp³-hybridized carbons (Fsp3) is 0.214. The van der Waals surface area contributed by atoms with E-state index in [1.165, 1.54) is 19.1 Å². The summed E-state index contributed by atoms with van der Waals surface area (Å²) in [7, 11) is 0. The summed E-state index contributed by atoms with van der Waals surface area (Å²) in [5.41, 5.74) is 8.00. The Morgan fingerprint density at radius 1 is 1.00 bits per heavy atom. The van der Waals surface area contributed by atoms with E-state index in [1.807, 2.05) is 6.92 Å². The van der Waals surface area contributed by atoms with E-state index < -0.39 is 17.7 Å². The maximum atomic E-state index is 13.9. The van der Waals surface area contributed by atoms with Crippen LogP contribution in [0.5, 0.6) is 0 Å². The lowest BCUT2D eigenvalue weighted by Gasteiger charge is -2.16. The molecular formula is C14H14F2N2. The van der Waals surface area contributed by atoms with Gasteiger partial charge in [0.25, 0.3) is 0 Å². The van der Waals surface area contributed by atoms with Crippen LogP contribution in [0, 0.1) is 25.5 Å². The lowest BCUT2D eigenvalue weighted by molar-refractivity contribution is 0.489. The van der Waals surface area contributed by atoms with E-state index >= 15 is 0 Å². The molecule has 2 aromatic rings. The molecule has 2 rings (SSSR count). The first kappa shape index (κ1) is 12.6. The van der Waals surface area contributed by atoms with Crippen LogP contribution in [0.4, 0.5) is 8.78 Å². The van der Waals surface area contributed by atoms with Gasteiger partial charge in [0.15, 0.2) is 11.6 Å². The lowest BCUT2D eigenvalue weighted by atomic mass is 9.96. The molecule has 1 aromatic carbocycles. The summed E-state index contributed by atoms with van der Waals surface area (Å²) < 4.78 is 27.4. The molecule has 94 valence electrons. The number of nitrogens with zero attached hydrogens (tertiary/aromatic N) is 1. The third-order valence-electron chi connectivity index (χ3n) is 3.05. The summed E-state index contributed by atoms with van der Waals surface area (Å²) in [6, 6.07) is 4.12. The zero-order valence-corrected chi connectivity index (χ0v) is 10.2. The summed E-state index contributed by atoms with van der Waals surface area (Å²) in [5, 5.41) is 0. The highest BCUT2D eigenvalue weighted by Crippen LogP contribution is 2.26. The first-order chi connectivity index (χ1) is 8.52. The van der Waals surface area contributed by atoms with Gasteiger partial charge in [0.2, 0.25) is 0 Å². The van der Waals surface area contributed by atoms with Crippen molar-refractivity contribution >= 4 is 0 Å². The van der Waals surface area contributed by atoms with Crippen LogP contribution in [0.1, 0.15) is 28.3 Å². The average Bonchev–Trinajstić information content (AvgIpc) is 2.36. The molecule has 0 saturated carbocycles. The van der Waals surface area contributed by atoms with Gasteiger partial charge in [-0.05, 0) is 36.6 Å². The molecule has 1 aromatic heterocycles. The third kappa shape index (κ3) is 2.11. The minimum absolute atomic E-state index is 0.147. The van der Waals surface area contributed by atoms with Crippen LogP contribution in [0.25, 0.3) is 0 Å². The van der Waals surface area contributed by atoms with Crippen LogP contribution in [0.2, 0.25) is 0 Å². The van der Waals surface area contributed by atoms with Crippen LogP contribution >= 0.6 is 0 Å². The summed E-state index contributed by atoms with van der Waals surface area (Å²) >= 11 is 0. The predicted molar refractivity (Wildman–Crippen MR) is 66.1 cm³/mol. The highest BCUT2D eigenvalue weighted by atomic mass is 19.2. The van der Waals surface area contributed by atoms with E-state index in [0.717, 1.165) is 5.56 Å². The summed E-state index contributed by atoms with van der Waals surface area (Å²) in [6.45, 7) is 3.38. The van der Waals surface area contributed by atoms with Gasteiger partial charge in [-0.1, -0.05) is 12.1 Å². The Hall–Kier alpha value is -1.81. The van der Waals surface area contributed by atoms with E-state index in [2.05, 4.69) is 4.98 Å². The van der Waals surface area contributed by atoms with Crippen LogP contribution in [0.15, 0.2) is 30.6 Å². The topological polar surface area (TPSA) is 38.9 Å². The normalized spacial score (nSPS) is 12.5. The Morgan fingerprint density at radius 2 is 1.72 bits per heavy atom. The van der Waals surface area contributed by atoms with Gasteiger partial charge in [-0.3, -0.25) is 4.98 Å². The molecule has 0 aliphatic heterocycles. The molecule has 0 spiro atoms. The molecule has 18 heavy (non-hydrogen) atoms. The smallest absolute Gasteiger partial charge is 0.164 e. The van der Waals surface area contributed by atoms with Crippen molar-refractivity contribution in [3.8, 4) is 0 Å². The van der Waals surface area contributed by atoms with Crippen LogP contribution in [-0.4, -0.2) is 4.98 Å². The monoisotopic (exact) mass is 248 g/mol. The molecular weight excluding hydrogens is 234 g/mol. The summed E-state index contributed by atoms with van der Waals surface area (Å²) in [5.74, 6) is -1.73. The molecule has 0 aliphatic carbocycles. The molecule has 0 amide bonds. The van der Waals surface area contributed by atoms with Gasteiger partial charge >= 0.3 is 0 Å². The number of halogens is 2. The van der Waals surface area contributed by atoms with Gasteiger partial charge in [0, 0.05) is 18.0 Å². The molecule has 4 heteroatoms. The Labute approximate surface area is 104 Å². The minimum Gasteiger partial charge on any atom is -0.320 e. The fourth-order valence-corrected chi connectivity index (χ4v) is 1.87. The van der Waals surface area contributed by atoms with Crippen molar-refractivity contribution in [1.82, 2.24) is 4.98 Å². The Balaban J connectivity index is 2.50. The summed E-state index contributed by atoms with van der Waals surface area (Å²) in [4.78, 5) is 3.97. The zero-order chi connectivity index (χ0) is 13.3. The number of nitrogens with two attached hydrogens (primary N) is 1. The molecule has 1 unspecified atom stereocenters. The minimum atomic E-state index is -0.884. The molecule has 0 saturated heterocycles. The third-order valence-corrected chi connectivity index (χ3v) is 3.05. The molecule has 0 aliphatic rings. The predicted octanol–water partition coefficient (Wildman–Crippen LogP) is 3.02. The van der Waals surface area contributed by atoms with E-state index in [1.54, 1.807) is 18.5 Å². The molecule has 0 radical (unpaired) electrons. The van der Waals surface area contributed by atoms with E-state index in [0.29, 0.717) is 5.56 Å². The van der Waals surface area contributed by atoms with Gasteiger partial charge < -0.3 is 5.73 Å². The van der Waals surface area contributed by atoms with Gasteiger partial charge in [-0.25, -0.2) is 8.78 Å². The van der Waals surface area contributed by atoms with Gasteiger partial charge in [0.1, 0.15) is 0 Å². The van der Waals surface area contributed by atoms with Crippen molar-refractivity contribution in [2.75, 3.05) is 0 Å². The van der Waals surface area contributed by atoms with Crippen molar-refractivity contribution in [3.05, 3.63) is 64.5 Å². The molecule has 1 heterocycles. The van der Waals surface area contributed by atoms with Gasteiger partial charge in [0.05, 0.1) is 6.04 Å². The van der Waals surface area contributed by atoms with E-state index in [4.69, 9.17) is 5.73 Å². The number of hydrogen-bond acceptors (Lipinski definition) is 2. The Bertz CT molecular complexity index is 582. The van der Waals surface area contributed by atoms with Crippen LogP contribution in [-0.2, 0) is 0 Å². The second kappa shape index (κ2) is 4.82. The Morgan fingerprint density at radius 3 is 2.39 bits per heavy atom. The molecule has 0 bridgehead atoms. The quantitative estimate of drug-likeness (QED) is 0.887. The van der Waals surface area contributed by atoms with Crippen LogP contribution in [0.3, 0.4) is 0 Å². The number of benzene rings is 1. The molecule has 2 N–H and O–H groups in total. The number of aryl methyl sites for hydroxylation is 2. The van der Waals surface area contributed by atoms with E-state index in [-0.39, 0.29) is 11.1 Å². The van der Waals surface area contributed by atoms with E-state index in [9.17, 15) is 8.78 Å². The standard InChI is InChI=1S/C14H14F2N2/c1-8-5-6-18-7-11(8)14(17)10-4-3-9(2)12(15)13(10)16/h3-7,14H,17H2,1-2H3. The highest BCUT2D eigenvalue weighted by molar-refractivity contribution is 5.37. The van der Waals surface area contributed by atoms with Gasteiger partial charge in [-0.15, -0.1) is 0 Å². The maximum Gasteiger partial charge on any atom is 0.164 e. The van der Waals surface area contributed by atoms with Crippen molar-refractivity contribution in [2.24, 2.45) is 5.73 Å². The van der Waals surface area contributed by atoms with Gasteiger partial charge in [-0.2, -0.15) is 0 Å². The number of rotatable bonds is 2. The molecule has 2 nitrogen and oxygen atoms in total. The summed E-state index contributed by atoms with van der Waals surface area (Å²) in [6.07, 6.45) is 3.22. The molecule has 1 atom stereocenters.